The summed E-state index contributed by atoms with van der Waals surface area (Å²) in [6.07, 6.45) is 1.53. The quantitative estimate of drug-likeness (QED) is 0.644. The minimum Gasteiger partial charge on any atom is -0.478 e. The summed E-state index contributed by atoms with van der Waals surface area (Å²) >= 11 is 7.07. The number of aromatic carboxylic acids is 1. The van der Waals surface area contributed by atoms with Crippen LogP contribution in [-0.4, -0.2) is 27.2 Å². The maximum absolute atomic E-state index is 12.2. The smallest absolute Gasteiger partial charge is 0.336 e. The molecule has 1 aromatic heterocycles. The molecule has 0 aliphatic carbocycles. The zero-order chi connectivity index (χ0) is 16.1. The molecular formula is C15H13ClN2O3S. The number of rotatable bonds is 5. The first-order valence-corrected chi connectivity index (χ1v) is 7.65. The van der Waals surface area contributed by atoms with Crippen LogP contribution in [0.25, 0.3) is 0 Å². The van der Waals surface area contributed by atoms with E-state index in [2.05, 4.69) is 10.3 Å². The van der Waals surface area contributed by atoms with Gasteiger partial charge in [-0.3, -0.25) is 4.79 Å². The summed E-state index contributed by atoms with van der Waals surface area (Å²) in [5, 5.41) is 11.5. The average Bonchev–Trinajstić information content (AvgIpc) is 2.49. The van der Waals surface area contributed by atoms with Crippen LogP contribution in [0, 0.1) is 0 Å². The second kappa shape index (κ2) is 7.29. The van der Waals surface area contributed by atoms with Gasteiger partial charge in [-0.1, -0.05) is 23.7 Å². The summed E-state index contributed by atoms with van der Waals surface area (Å²) in [5.41, 5.74) is 0.597. The molecule has 0 fully saturated rings. The molecule has 0 bridgehead atoms. The van der Waals surface area contributed by atoms with E-state index in [-0.39, 0.29) is 16.6 Å². The highest BCUT2D eigenvalue weighted by Crippen LogP contribution is 2.28. The van der Waals surface area contributed by atoms with Crippen molar-refractivity contribution >= 4 is 40.9 Å². The van der Waals surface area contributed by atoms with Crippen LogP contribution in [0.5, 0.6) is 0 Å². The molecule has 0 aliphatic heterocycles. The number of carbonyl (C=O) groups excluding carboxylic acids is 1. The molecule has 0 saturated heterocycles. The van der Waals surface area contributed by atoms with Gasteiger partial charge >= 0.3 is 5.97 Å². The van der Waals surface area contributed by atoms with Crippen LogP contribution in [0.1, 0.15) is 17.3 Å². The second-order valence-corrected chi connectivity index (χ2v) is 6.13. The van der Waals surface area contributed by atoms with Gasteiger partial charge in [0.15, 0.2) is 5.15 Å². The number of carboxylic acid groups (broad SMARTS) is 1. The van der Waals surface area contributed by atoms with Gasteiger partial charge in [-0.05, 0) is 31.2 Å². The van der Waals surface area contributed by atoms with E-state index < -0.39 is 11.2 Å². The predicted molar refractivity (Wildman–Crippen MR) is 86.6 cm³/mol. The van der Waals surface area contributed by atoms with Crippen LogP contribution in [0.3, 0.4) is 0 Å². The zero-order valence-electron chi connectivity index (χ0n) is 11.6. The second-order valence-electron chi connectivity index (χ2n) is 4.39. The number of nitrogens with one attached hydrogen (secondary N) is 1. The number of aromatic nitrogens is 1. The highest BCUT2D eigenvalue weighted by atomic mass is 35.5. The molecule has 114 valence electrons. The van der Waals surface area contributed by atoms with E-state index in [0.717, 1.165) is 0 Å². The van der Waals surface area contributed by atoms with E-state index >= 15 is 0 Å². The Morgan fingerprint density at radius 1 is 1.27 bits per heavy atom. The van der Waals surface area contributed by atoms with E-state index in [1.807, 2.05) is 0 Å². The van der Waals surface area contributed by atoms with Crippen molar-refractivity contribution in [2.24, 2.45) is 0 Å². The number of thioether (sulfide) groups is 1. The predicted octanol–water partition coefficient (Wildman–Crippen LogP) is 3.55. The molecule has 7 heteroatoms. The number of amides is 1. The molecular weight excluding hydrogens is 324 g/mol. The number of halogens is 1. The molecule has 5 nitrogen and oxygen atoms in total. The van der Waals surface area contributed by atoms with Gasteiger partial charge in [-0.15, -0.1) is 11.8 Å². The Kier molecular flexibility index (Phi) is 5.41. The lowest BCUT2D eigenvalue weighted by atomic mass is 10.2. The van der Waals surface area contributed by atoms with E-state index in [1.165, 1.54) is 24.0 Å². The van der Waals surface area contributed by atoms with Crippen molar-refractivity contribution < 1.29 is 14.7 Å². The summed E-state index contributed by atoms with van der Waals surface area (Å²) in [6.45, 7) is 1.70. The van der Waals surface area contributed by atoms with Crippen molar-refractivity contribution in [1.29, 1.82) is 0 Å². The molecule has 1 atom stereocenters. The van der Waals surface area contributed by atoms with Crippen molar-refractivity contribution in [1.82, 2.24) is 4.98 Å². The number of carbonyl (C=O) groups is 2. The van der Waals surface area contributed by atoms with Crippen molar-refractivity contribution in [2.45, 2.75) is 17.1 Å². The van der Waals surface area contributed by atoms with Gasteiger partial charge in [-0.2, -0.15) is 0 Å². The molecule has 2 rings (SSSR count). The number of nitrogens with zero attached hydrogens (tertiary/aromatic N) is 1. The first-order chi connectivity index (χ1) is 10.5. The Labute approximate surface area is 136 Å². The Balaban J connectivity index is 2.09. The molecule has 22 heavy (non-hydrogen) atoms. The number of benzene rings is 1. The Morgan fingerprint density at radius 2 is 2.00 bits per heavy atom. The third kappa shape index (κ3) is 3.99. The van der Waals surface area contributed by atoms with Crippen LogP contribution in [0.2, 0.25) is 5.15 Å². The molecule has 2 N–H and O–H groups in total. The zero-order valence-corrected chi connectivity index (χ0v) is 13.2. The summed E-state index contributed by atoms with van der Waals surface area (Å²) in [4.78, 5) is 27.8. The Morgan fingerprint density at radius 3 is 2.68 bits per heavy atom. The molecule has 1 amide bonds. The van der Waals surface area contributed by atoms with E-state index in [0.29, 0.717) is 10.6 Å². The van der Waals surface area contributed by atoms with E-state index in [9.17, 15) is 9.59 Å². The molecule has 1 aromatic carbocycles. The van der Waals surface area contributed by atoms with Crippen LogP contribution >= 0.6 is 23.4 Å². The Hall–Kier alpha value is -2.05. The first-order valence-electron chi connectivity index (χ1n) is 6.39. The minimum atomic E-state index is -1.02. The van der Waals surface area contributed by atoms with Crippen molar-refractivity contribution in [2.75, 3.05) is 5.32 Å². The molecule has 0 saturated carbocycles. The van der Waals surface area contributed by atoms with Crippen molar-refractivity contribution in [3.63, 3.8) is 0 Å². The number of hydrogen-bond donors (Lipinski definition) is 2. The largest absolute Gasteiger partial charge is 0.478 e. The van der Waals surface area contributed by atoms with Gasteiger partial charge in [0.1, 0.15) is 0 Å². The third-order valence-corrected chi connectivity index (χ3v) is 4.29. The minimum absolute atomic E-state index is 0.173. The lowest BCUT2D eigenvalue weighted by Gasteiger charge is -2.13. The lowest BCUT2D eigenvalue weighted by molar-refractivity contribution is -0.115. The molecule has 2 aromatic rings. The maximum Gasteiger partial charge on any atom is 0.336 e. The fourth-order valence-corrected chi connectivity index (χ4v) is 2.86. The SMILES string of the molecule is CC(Sc1ccccc1C(=O)O)C(=O)Nc1cccnc1Cl. The van der Waals surface area contributed by atoms with Crippen LogP contribution in [0.15, 0.2) is 47.5 Å². The summed E-state index contributed by atoms with van der Waals surface area (Å²) < 4.78 is 0. The highest BCUT2D eigenvalue weighted by Gasteiger charge is 2.19. The van der Waals surface area contributed by atoms with E-state index in [1.54, 1.807) is 37.3 Å². The number of anilines is 1. The Bertz CT molecular complexity index is 709. The van der Waals surface area contributed by atoms with E-state index in [4.69, 9.17) is 16.7 Å². The third-order valence-electron chi connectivity index (χ3n) is 2.81. The van der Waals surface area contributed by atoms with Crippen LogP contribution in [0.4, 0.5) is 5.69 Å². The molecule has 0 spiro atoms. The number of pyridine rings is 1. The molecule has 1 heterocycles. The van der Waals surface area contributed by atoms with Crippen molar-refractivity contribution in [3.05, 3.63) is 53.3 Å². The van der Waals surface area contributed by atoms with Gasteiger partial charge < -0.3 is 10.4 Å². The summed E-state index contributed by atoms with van der Waals surface area (Å²) in [6, 6.07) is 9.88. The topological polar surface area (TPSA) is 79.3 Å². The molecule has 0 aliphatic rings. The fourth-order valence-electron chi connectivity index (χ4n) is 1.70. The van der Waals surface area contributed by atoms with Gasteiger partial charge in [0.2, 0.25) is 5.91 Å². The fraction of sp³-hybridized carbons (Fsp3) is 0.133. The van der Waals surface area contributed by atoms with Crippen LogP contribution in [-0.2, 0) is 4.79 Å². The monoisotopic (exact) mass is 336 g/mol. The standard InChI is InChI=1S/C15H13ClN2O3S/c1-9(14(19)18-11-6-4-8-17-13(11)16)22-12-7-3-2-5-10(12)15(20)21/h2-9H,1H3,(H,18,19)(H,20,21). The average molecular weight is 337 g/mol. The number of hydrogen-bond acceptors (Lipinski definition) is 4. The first kappa shape index (κ1) is 16.3. The van der Waals surface area contributed by atoms with Gasteiger partial charge in [0.25, 0.3) is 0 Å². The van der Waals surface area contributed by atoms with Gasteiger partial charge in [0, 0.05) is 11.1 Å². The summed E-state index contributed by atoms with van der Waals surface area (Å²) in [5.74, 6) is -1.30. The number of carboxylic acids is 1. The molecule has 0 radical (unpaired) electrons. The normalized spacial score (nSPS) is 11.7. The maximum atomic E-state index is 12.2. The summed E-state index contributed by atoms with van der Waals surface area (Å²) in [7, 11) is 0. The van der Waals surface area contributed by atoms with Gasteiger partial charge in [-0.25, -0.2) is 9.78 Å². The van der Waals surface area contributed by atoms with Crippen LogP contribution < -0.4 is 5.32 Å². The molecule has 1 unspecified atom stereocenters. The van der Waals surface area contributed by atoms with Gasteiger partial charge in [0.05, 0.1) is 16.5 Å². The highest BCUT2D eigenvalue weighted by molar-refractivity contribution is 8.00. The lowest BCUT2D eigenvalue weighted by Crippen LogP contribution is -2.23. The van der Waals surface area contributed by atoms with Crippen molar-refractivity contribution in [3.8, 4) is 0 Å².